The van der Waals surface area contributed by atoms with Gasteiger partial charge < -0.3 is 9.88 Å². The molecule has 2 rings (SSSR count). The highest BCUT2D eigenvalue weighted by Crippen LogP contribution is 2.12. The normalized spacial score (nSPS) is 10.9. The first kappa shape index (κ1) is 12.6. The number of H-pyrrole nitrogens is 1. The maximum absolute atomic E-state index is 8.49. The lowest BCUT2D eigenvalue weighted by atomic mass is 10.1. The number of rotatable bonds is 6. The van der Waals surface area contributed by atoms with E-state index in [0.717, 1.165) is 37.0 Å². The molecule has 1 aromatic heterocycles. The lowest BCUT2D eigenvalue weighted by Crippen LogP contribution is -2.22. The van der Waals surface area contributed by atoms with Crippen molar-refractivity contribution in [1.82, 2.24) is 14.9 Å². The van der Waals surface area contributed by atoms with Gasteiger partial charge in [0.25, 0.3) is 0 Å². The summed E-state index contributed by atoms with van der Waals surface area (Å²) in [5, 5.41) is 8.49. The molecule has 0 aliphatic rings. The highest BCUT2D eigenvalue weighted by atomic mass is 15.1. The third-order valence-electron chi connectivity index (χ3n) is 3.10. The van der Waals surface area contributed by atoms with Gasteiger partial charge in [0.15, 0.2) is 0 Å². The van der Waals surface area contributed by atoms with Gasteiger partial charge in [-0.2, -0.15) is 5.26 Å². The van der Waals surface area contributed by atoms with Crippen LogP contribution in [0, 0.1) is 11.3 Å². The van der Waals surface area contributed by atoms with Crippen LogP contribution in [0.4, 0.5) is 0 Å². The van der Waals surface area contributed by atoms with E-state index in [4.69, 9.17) is 5.26 Å². The van der Waals surface area contributed by atoms with Crippen molar-refractivity contribution in [2.24, 2.45) is 0 Å². The number of nitrogens with one attached hydrogen (secondary N) is 1. The predicted octanol–water partition coefficient (Wildman–Crippen LogP) is 2.34. The van der Waals surface area contributed by atoms with Crippen LogP contribution in [0.2, 0.25) is 0 Å². The number of aromatic nitrogens is 2. The van der Waals surface area contributed by atoms with Gasteiger partial charge in [-0.15, -0.1) is 0 Å². The van der Waals surface area contributed by atoms with Crippen molar-refractivity contribution in [1.29, 1.82) is 5.26 Å². The molecule has 0 fully saturated rings. The summed E-state index contributed by atoms with van der Waals surface area (Å²) in [5.74, 6) is 0. The van der Waals surface area contributed by atoms with Gasteiger partial charge in [0.05, 0.1) is 23.4 Å². The first-order valence-corrected chi connectivity index (χ1v) is 6.27. The quantitative estimate of drug-likeness (QED) is 0.791. The summed E-state index contributed by atoms with van der Waals surface area (Å²) in [6.45, 7) is 2.00. The molecule has 0 spiro atoms. The van der Waals surface area contributed by atoms with Gasteiger partial charge in [-0.1, -0.05) is 6.07 Å². The molecule has 0 unspecified atom stereocenters. The molecule has 4 heteroatoms. The Kier molecular flexibility index (Phi) is 4.32. The molecule has 4 nitrogen and oxygen atoms in total. The molecule has 0 bridgehead atoms. The standard InChI is InChI=1S/C14H18N4/c1-18(8-3-2-7-15)9-6-12-4-5-13-14(10-12)17-11-16-13/h4-5,10-11H,2-3,6,8-9H2,1H3,(H,16,17). The van der Waals surface area contributed by atoms with E-state index >= 15 is 0 Å². The fourth-order valence-corrected chi connectivity index (χ4v) is 2.00. The number of aromatic amines is 1. The third kappa shape index (κ3) is 3.31. The van der Waals surface area contributed by atoms with E-state index in [1.807, 2.05) is 0 Å². The summed E-state index contributed by atoms with van der Waals surface area (Å²) in [5.41, 5.74) is 3.43. The Labute approximate surface area is 107 Å². The topological polar surface area (TPSA) is 55.7 Å². The summed E-state index contributed by atoms with van der Waals surface area (Å²) in [6, 6.07) is 8.52. The van der Waals surface area contributed by atoms with Gasteiger partial charge in [-0.3, -0.25) is 0 Å². The Morgan fingerprint density at radius 2 is 2.28 bits per heavy atom. The van der Waals surface area contributed by atoms with E-state index in [1.165, 1.54) is 5.56 Å². The average molecular weight is 242 g/mol. The second-order valence-electron chi connectivity index (χ2n) is 4.57. The Morgan fingerprint density at radius 3 is 3.11 bits per heavy atom. The Balaban J connectivity index is 1.84. The molecule has 94 valence electrons. The van der Waals surface area contributed by atoms with Crippen molar-refractivity contribution < 1.29 is 0 Å². The SMILES string of the molecule is CN(CCCC#N)CCc1ccc2nc[nH]c2c1. The summed E-state index contributed by atoms with van der Waals surface area (Å²) in [6.07, 6.45) is 4.34. The van der Waals surface area contributed by atoms with E-state index in [1.54, 1.807) is 6.33 Å². The molecule has 0 amide bonds. The van der Waals surface area contributed by atoms with Crippen LogP contribution in [0.15, 0.2) is 24.5 Å². The minimum atomic E-state index is 0.643. The van der Waals surface area contributed by atoms with Gasteiger partial charge in [0, 0.05) is 13.0 Å². The molecule has 2 aromatic rings. The summed E-state index contributed by atoms with van der Waals surface area (Å²) >= 11 is 0. The molecule has 0 saturated heterocycles. The number of likely N-dealkylation sites (N-methyl/N-ethyl adjacent to an activating group) is 1. The molecule has 0 radical (unpaired) electrons. The highest BCUT2D eigenvalue weighted by Gasteiger charge is 2.01. The predicted molar refractivity (Wildman–Crippen MR) is 72.1 cm³/mol. The number of nitrogens with zero attached hydrogens (tertiary/aromatic N) is 3. The molecule has 18 heavy (non-hydrogen) atoms. The number of benzene rings is 1. The van der Waals surface area contributed by atoms with Gasteiger partial charge in [0.2, 0.25) is 0 Å². The number of imidazole rings is 1. The minimum Gasteiger partial charge on any atom is -0.345 e. The Hall–Kier alpha value is -1.86. The summed E-state index contributed by atoms with van der Waals surface area (Å²) in [7, 11) is 2.10. The van der Waals surface area contributed by atoms with Crippen LogP contribution in [0.1, 0.15) is 18.4 Å². The van der Waals surface area contributed by atoms with Crippen molar-refractivity contribution in [2.45, 2.75) is 19.3 Å². The van der Waals surface area contributed by atoms with E-state index in [9.17, 15) is 0 Å². The molecule has 1 N–H and O–H groups in total. The lowest BCUT2D eigenvalue weighted by Gasteiger charge is -2.15. The molecule has 0 aliphatic carbocycles. The minimum absolute atomic E-state index is 0.643. The van der Waals surface area contributed by atoms with E-state index < -0.39 is 0 Å². The Morgan fingerprint density at radius 1 is 1.39 bits per heavy atom. The summed E-state index contributed by atoms with van der Waals surface area (Å²) < 4.78 is 0. The van der Waals surface area contributed by atoms with Gasteiger partial charge >= 0.3 is 0 Å². The smallest absolute Gasteiger partial charge is 0.0931 e. The zero-order valence-corrected chi connectivity index (χ0v) is 10.7. The van der Waals surface area contributed by atoms with Crippen molar-refractivity contribution in [3.8, 4) is 6.07 Å². The second kappa shape index (κ2) is 6.18. The number of hydrogen-bond acceptors (Lipinski definition) is 3. The van der Waals surface area contributed by atoms with Gasteiger partial charge in [-0.05, 0) is 44.1 Å². The zero-order valence-electron chi connectivity index (χ0n) is 10.7. The van der Waals surface area contributed by atoms with Gasteiger partial charge in [0.1, 0.15) is 0 Å². The molecular formula is C14H18N4. The van der Waals surface area contributed by atoms with Crippen LogP contribution in [-0.2, 0) is 6.42 Å². The van der Waals surface area contributed by atoms with Crippen LogP contribution >= 0.6 is 0 Å². The summed E-state index contributed by atoms with van der Waals surface area (Å²) in [4.78, 5) is 9.61. The molecule has 0 saturated carbocycles. The Bertz CT molecular complexity index is 538. The molecule has 1 heterocycles. The van der Waals surface area contributed by atoms with Crippen LogP contribution < -0.4 is 0 Å². The van der Waals surface area contributed by atoms with E-state index in [-0.39, 0.29) is 0 Å². The zero-order chi connectivity index (χ0) is 12.8. The first-order chi connectivity index (χ1) is 8.79. The van der Waals surface area contributed by atoms with Gasteiger partial charge in [-0.25, -0.2) is 4.98 Å². The monoisotopic (exact) mass is 242 g/mol. The van der Waals surface area contributed by atoms with Crippen molar-refractivity contribution >= 4 is 11.0 Å². The van der Waals surface area contributed by atoms with Crippen LogP contribution in [0.5, 0.6) is 0 Å². The number of unbranched alkanes of at least 4 members (excludes halogenated alkanes) is 1. The maximum atomic E-state index is 8.49. The largest absolute Gasteiger partial charge is 0.345 e. The lowest BCUT2D eigenvalue weighted by molar-refractivity contribution is 0.335. The third-order valence-corrected chi connectivity index (χ3v) is 3.10. The fourth-order valence-electron chi connectivity index (χ4n) is 2.00. The number of nitriles is 1. The average Bonchev–Trinajstić information content (AvgIpc) is 2.84. The molecule has 0 atom stereocenters. The maximum Gasteiger partial charge on any atom is 0.0931 e. The second-order valence-corrected chi connectivity index (χ2v) is 4.57. The number of fused-ring (bicyclic) bond motifs is 1. The molecule has 1 aromatic carbocycles. The van der Waals surface area contributed by atoms with Crippen LogP contribution in [-0.4, -0.2) is 35.0 Å². The van der Waals surface area contributed by atoms with Crippen molar-refractivity contribution in [3.05, 3.63) is 30.1 Å². The van der Waals surface area contributed by atoms with E-state index in [2.05, 4.69) is 46.2 Å². The fraction of sp³-hybridized carbons (Fsp3) is 0.429. The molecule has 0 aliphatic heterocycles. The number of hydrogen-bond donors (Lipinski definition) is 1. The molecular weight excluding hydrogens is 224 g/mol. The highest BCUT2D eigenvalue weighted by molar-refractivity contribution is 5.75. The van der Waals surface area contributed by atoms with Crippen LogP contribution in [0.25, 0.3) is 11.0 Å². The van der Waals surface area contributed by atoms with Crippen molar-refractivity contribution in [3.63, 3.8) is 0 Å². The van der Waals surface area contributed by atoms with Crippen LogP contribution in [0.3, 0.4) is 0 Å². The van der Waals surface area contributed by atoms with E-state index in [0.29, 0.717) is 6.42 Å². The van der Waals surface area contributed by atoms with Crippen molar-refractivity contribution in [2.75, 3.05) is 20.1 Å². The first-order valence-electron chi connectivity index (χ1n) is 6.27.